The molecule has 2 aromatic carbocycles. The van der Waals surface area contributed by atoms with Crippen molar-refractivity contribution in [1.82, 2.24) is 5.32 Å². The van der Waals surface area contributed by atoms with Crippen LogP contribution in [-0.4, -0.2) is 12.6 Å². The highest BCUT2D eigenvalue weighted by molar-refractivity contribution is 5.71. The molecule has 1 N–H and O–H groups in total. The maximum atomic E-state index is 8.89. The molecule has 3 heteroatoms. The van der Waals surface area contributed by atoms with Gasteiger partial charge in [0.05, 0.1) is 18.7 Å². The minimum Gasteiger partial charge on any atom is -0.497 e. The van der Waals surface area contributed by atoms with Crippen molar-refractivity contribution in [2.75, 3.05) is 7.11 Å². The molecule has 0 aliphatic carbocycles. The van der Waals surface area contributed by atoms with Crippen LogP contribution < -0.4 is 10.1 Å². The number of nitrogens with zero attached hydrogens (tertiary/aromatic N) is 1. The Morgan fingerprint density at radius 1 is 1.21 bits per heavy atom. The first-order chi connectivity index (χ1) is 11.5. The number of methoxy groups -OCH3 is 1. The molecule has 0 atom stereocenters. The Morgan fingerprint density at radius 2 is 1.96 bits per heavy atom. The Morgan fingerprint density at radius 3 is 2.62 bits per heavy atom. The molecule has 0 saturated heterocycles. The SMILES string of the molecule is COc1ccc2c(c1)/C(=C/Cc1ccc(C#N)cc1)NC(C)(C)C2. The summed E-state index contributed by atoms with van der Waals surface area (Å²) >= 11 is 0. The lowest BCUT2D eigenvalue weighted by Gasteiger charge is -2.36. The average Bonchev–Trinajstić information content (AvgIpc) is 2.59. The number of nitriles is 1. The third-order valence-corrected chi connectivity index (χ3v) is 4.34. The number of benzene rings is 2. The largest absolute Gasteiger partial charge is 0.497 e. The molecule has 0 aromatic heterocycles. The topological polar surface area (TPSA) is 45.0 Å². The van der Waals surface area contributed by atoms with E-state index in [1.807, 2.05) is 30.3 Å². The quantitative estimate of drug-likeness (QED) is 0.927. The number of rotatable bonds is 3. The van der Waals surface area contributed by atoms with Crippen molar-refractivity contribution in [2.45, 2.75) is 32.2 Å². The molecule has 3 nitrogen and oxygen atoms in total. The second kappa shape index (κ2) is 6.41. The first-order valence-electron chi connectivity index (χ1n) is 8.15. The summed E-state index contributed by atoms with van der Waals surface area (Å²) in [5.41, 5.74) is 5.60. The van der Waals surface area contributed by atoms with E-state index < -0.39 is 0 Å². The molecule has 0 unspecified atom stereocenters. The number of hydrogen-bond donors (Lipinski definition) is 1. The first kappa shape index (κ1) is 16.1. The molecular weight excluding hydrogens is 296 g/mol. The summed E-state index contributed by atoms with van der Waals surface area (Å²) in [6.07, 6.45) is 4.03. The molecule has 122 valence electrons. The van der Waals surface area contributed by atoms with Crippen LogP contribution in [0.1, 0.15) is 36.1 Å². The second-order valence-electron chi connectivity index (χ2n) is 6.84. The van der Waals surface area contributed by atoms with Crippen LogP contribution in [0, 0.1) is 11.3 Å². The first-order valence-corrected chi connectivity index (χ1v) is 8.15. The normalized spacial score (nSPS) is 16.8. The fraction of sp³-hybridized carbons (Fsp3) is 0.286. The highest BCUT2D eigenvalue weighted by Crippen LogP contribution is 2.32. The summed E-state index contributed by atoms with van der Waals surface area (Å²) in [5.74, 6) is 0.875. The molecule has 1 aliphatic heterocycles. The van der Waals surface area contributed by atoms with Crippen LogP contribution in [0.4, 0.5) is 0 Å². The van der Waals surface area contributed by atoms with Crippen LogP contribution in [0.2, 0.25) is 0 Å². The molecule has 3 rings (SSSR count). The van der Waals surface area contributed by atoms with Crippen molar-refractivity contribution in [3.05, 3.63) is 70.8 Å². The van der Waals surface area contributed by atoms with Gasteiger partial charge in [0.2, 0.25) is 0 Å². The molecule has 2 aromatic rings. The lowest BCUT2D eigenvalue weighted by Crippen LogP contribution is -2.43. The van der Waals surface area contributed by atoms with Crippen molar-refractivity contribution in [1.29, 1.82) is 5.26 Å². The molecule has 1 heterocycles. The van der Waals surface area contributed by atoms with E-state index in [-0.39, 0.29) is 5.54 Å². The summed E-state index contributed by atoms with van der Waals surface area (Å²) in [4.78, 5) is 0. The van der Waals surface area contributed by atoms with Gasteiger partial charge in [-0.2, -0.15) is 5.26 Å². The van der Waals surface area contributed by atoms with Crippen LogP contribution in [0.15, 0.2) is 48.5 Å². The fourth-order valence-electron chi connectivity index (χ4n) is 3.14. The molecule has 24 heavy (non-hydrogen) atoms. The molecular formula is C21H22N2O. The Kier molecular flexibility index (Phi) is 4.31. The average molecular weight is 318 g/mol. The third-order valence-electron chi connectivity index (χ3n) is 4.34. The zero-order valence-corrected chi connectivity index (χ0v) is 14.4. The van der Waals surface area contributed by atoms with Crippen LogP contribution in [-0.2, 0) is 12.8 Å². The van der Waals surface area contributed by atoms with Crippen LogP contribution in [0.25, 0.3) is 5.70 Å². The van der Waals surface area contributed by atoms with Gasteiger partial charge in [0, 0.05) is 16.8 Å². The standard InChI is InChI=1S/C21H22N2O/c1-21(2)13-17-9-10-18(24-3)12-19(17)20(23-21)11-8-15-4-6-16(14-22)7-5-15/h4-7,9-12,23H,8,13H2,1-3H3/b20-11-. The van der Waals surface area contributed by atoms with Gasteiger partial charge in [-0.3, -0.25) is 0 Å². The van der Waals surface area contributed by atoms with Crippen LogP contribution in [0.5, 0.6) is 5.75 Å². The predicted molar refractivity (Wildman–Crippen MR) is 96.8 cm³/mol. The summed E-state index contributed by atoms with van der Waals surface area (Å²) in [5, 5.41) is 12.5. The molecule has 0 amide bonds. The van der Waals surface area contributed by atoms with Crippen molar-refractivity contribution < 1.29 is 4.74 Å². The monoisotopic (exact) mass is 318 g/mol. The number of fused-ring (bicyclic) bond motifs is 1. The van der Waals surface area contributed by atoms with E-state index in [1.165, 1.54) is 16.7 Å². The Balaban J connectivity index is 1.92. The fourth-order valence-corrected chi connectivity index (χ4v) is 3.14. The maximum absolute atomic E-state index is 8.89. The van der Waals surface area contributed by atoms with Crippen molar-refractivity contribution in [3.8, 4) is 11.8 Å². The van der Waals surface area contributed by atoms with E-state index in [0.717, 1.165) is 24.3 Å². The number of allylic oxidation sites excluding steroid dienone is 1. The van der Waals surface area contributed by atoms with E-state index in [1.54, 1.807) is 7.11 Å². The number of hydrogen-bond acceptors (Lipinski definition) is 3. The Hall–Kier alpha value is -2.73. The third kappa shape index (κ3) is 3.44. The van der Waals surface area contributed by atoms with Gasteiger partial charge in [-0.15, -0.1) is 0 Å². The summed E-state index contributed by atoms with van der Waals surface area (Å²) in [7, 11) is 1.70. The Labute approximate surface area is 143 Å². The van der Waals surface area contributed by atoms with Gasteiger partial charge in [0.15, 0.2) is 0 Å². The zero-order chi connectivity index (χ0) is 17.2. The van der Waals surface area contributed by atoms with Crippen molar-refractivity contribution >= 4 is 5.70 Å². The summed E-state index contributed by atoms with van der Waals surface area (Å²) in [6.45, 7) is 4.44. The van der Waals surface area contributed by atoms with E-state index in [2.05, 4.69) is 43.4 Å². The minimum atomic E-state index is 0.0259. The highest BCUT2D eigenvalue weighted by Gasteiger charge is 2.27. The van der Waals surface area contributed by atoms with E-state index in [0.29, 0.717) is 5.56 Å². The van der Waals surface area contributed by atoms with E-state index >= 15 is 0 Å². The van der Waals surface area contributed by atoms with Gasteiger partial charge in [0.1, 0.15) is 5.75 Å². The van der Waals surface area contributed by atoms with Crippen LogP contribution in [0.3, 0.4) is 0 Å². The maximum Gasteiger partial charge on any atom is 0.119 e. The van der Waals surface area contributed by atoms with Crippen molar-refractivity contribution in [3.63, 3.8) is 0 Å². The molecule has 0 radical (unpaired) electrons. The van der Waals surface area contributed by atoms with Gasteiger partial charge in [-0.05, 0) is 62.1 Å². The van der Waals surface area contributed by atoms with E-state index in [9.17, 15) is 0 Å². The minimum absolute atomic E-state index is 0.0259. The second-order valence-corrected chi connectivity index (χ2v) is 6.84. The highest BCUT2D eigenvalue weighted by atomic mass is 16.5. The van der Waals surface area contributed by atoms with Gasteiger partial charge in [-0.1, -0.05) is 24.3 Å². The number of nitrogens with one attached hydrogen (secondary N) is 1. The summed E-state index contributed by atoms with van der Waals surface area (Å²) < 4.78 is 5.38. The number of ether oxygens (including phenoxy) is 1. The lowest BCUT2D eigenvalue weighted by molar-refractivity contribution is 0.411. The van der Waals surface area contributed by atoms with Crippen LogP contribution >= 0.6 is 0 Å². The van der Waals surface area contributed by atoms with Crippen molar-refractivity contribution in [2.24, 2.45) is 0 Å². The van der Waals surface area contributed by atoms with Gasteiger partial charge >= 0.3 is 0 Å². The molecule has 0 spiro atoms. The molecule has 0 fully saturated rings. The summed E-state index contributed by atoms with van der Waals surface area (Å²) in [6, 6.07) is 16.2. The smallest absolute Gasteiger partial charge is 0.119 e. The predicted octanol–water partition coefficient (Wildman–Crippen LogP) is 4.07. The van der Waals surface area contributed by atoms with Gasteiger partial charge in [-0.25, -0.2) is 0 Å². The molecule has 0 bridgehead atoms. The lowest BCUT2D eigenvalue weighted by atomic mass is 9.85. The van der Waals surface area contributed by atoms with E-state index in [4.69, 9.17) is 10.00 Å². The molecule has 0 saturated carbocycles. The zero-order valence-electron chi connectivity index (χ0n) is 14.4. The molecule has 1 aliphatic rings. The van der Waals surface area contributed by atoms with Gasteiger partial charge < -0.3 is 10.1 Å². The van der Waals surface area contributed by atoms with Gasteiger partial charge in [0.25, 0.3) is 0 Å². The Bertz CT molecular complexity index is 811.